The Morgan fingerprint density at radius 3 is 2.61 bits per heavy atom. The Kier molecular flexibility index (Phi) is 6.64. The van der Waals surface area contributed by atoms with Gasteiger partial charge in [0.25, 0.3) is 0 Å². The molecule has 1 heterocycles. The summed E-state index contributed by atoms with van der Waals surface area (Å²) in [5, 5.41) is 15.2. The van der Waals surface area contributed by atoms with Crippen LogP contribution in [0, 0.1) is 0 Å². The van der Waals surface area contributed by atoms with Crippen LogP contribution in [-0.2, 0) is 6.42 Å². The smallest absolute Gasteiger partial charge is 0.321 e. The standard InChI is InChI=1S/C12H22N4OS/c1-4-7-8-10-15-16-12(18-10)14-11(17)13-9(5-2)6-3/h9H,4-8H2,1-3H3,(H2,13,14,16,17). The minimum absolute atomic E-state index is 0.193. The summed E-state index contributed by atoms with van der Waals surface area (Å²) in [5.74, 6) is 0. The van der Waals surface area contributed by atoms with Crippen LogP contribution >= 0.6 is 11.3 Å². The fraction of sp³-hybridized carbons (Fsp3) is 0.750. The number of nitrogens with one attached hydrogen (secondary N) is 2. The third-order valence-electron chi connectivity index (χ3n) is 2.75. The molecule has 1 rings (SSSR count). The predicted octanol–water partition coefficient (Wildman–Crippen LogP) is 3.19. The molecule has 0 aromatic carbocycles. The summed E-state index contributed by atoms with van der Waals surface area (Å²) in [6.45, 7) is 6.26. The van der Waals surface area contributed by atoms with E-state index in [1.165, 1.54) is 11.3 Å². The van der Waals surface area contributed by atoms with Gasteiger partial charge in [-0.25, -0.2) is 4.79 Å². The van der Waals surface area contributed by atoms with Gasteiger partial charge < -0.3 is 5.32 Å². The Labute approximate surface area is 112 Å². The van der Waals surface area contributed by atoms with Crippen molar-refractivity contribution in [2.45, 2.75) is 58.9 Å². The van der Waals surface area contributed by atoms with Crippen LogP contribution in [0.2, 0.25) is 0 Å². The van der Waals surface area contributed by atoms with E-state index in [1.807, 2.05) is 0 Å². The first-order chi connectivity index (χ1) is 8.69. The Hall–Kier alpha value is -1.17. The summed E-state index contributed by atoms with van der Waals surface area (Å²) in [7, 11) is 0. The number of anilines is 1. The van der Waals surface area contributed by atoms with Crippen molar-refractivity contribution in [3.05, 3.63) is 5.01 Å². The van der Waals surface area contributed by atoms with Crippen molar-refractivity contribution >= 4 is 22.5 Å². The number of nitrogens with zero attached hydrogens (tertiary/aromatic N) is 2. The monoisotopic (exact) mass is 270 g/mol. The fourth-order valence-electron chi connectivity index (χ4n) is 1.54. The van der Waals surface area contributed by atoms with E-state index < -0.39 is 0 Å². The molecule has 0 aliphatic carbocycles. The van der Waals surface area contributed by atoms with Crippen LogP contribution in [0.4, 0.5) is 9.93 Å². The summed E-state index contributed by atoms with van der Waals surface area (Å²) >= 11 is 1.45. The number of urea groups is 1. The molecule has 0 saturated carbocycles. The molecule has 0 saturated heterocycles. The molecule has 6 heteroatoms. The SMILES string of the molecule is CCCCc1nnc(NC(=O)NC(CC)CC)s1. The lowest BCUT2D eigenvalue weighted by molar-refractivity contribution is 0.247. The molecule has 0 fully saturated rings. The zero-order valence-corrected chi connectivity index (χ0v) is 12.1. The molecule has 18 heavy (non-hydrogen) atoms. The minimum Gasteiger partial charge on any atom is -0.335 e. The van der Waals surface area contributed by atoms with E-state index in [4.69, 9.17) is 0 Å². The van der Waals surface area contributed by atoms with Gasteiger partial charge in [0, 0.05) is 12.5 Å². The summed E-state index contributed by atoms with van der Waals surface area (Å²) < 4.78 is 0. The van der Waals surface area contributed by atoms with Gasteiger partial charge in [0.05, 0.1) is 0 Å². The van der Waals surface area contributed by atoms with Gasteiger partial charge in [0.2, 0.25) is 5.13 Å². The molecule has 2 N–H and O–H groups in total. The quantitative estimate of drug-likeness (QED) is 0.799. The normalized spacial score (nSPS) is 10.7. The third-order valence-corrected chi connectivity index (χ3v) is 3.65. The Morgan fingerprint density at radius 1 is 1.28 bits per heavy atom. The van der Waals surface area contributed by atoms with E-state index in [2.05, 4.69) is 41.6 Å². The van der Waals surface area contributed by atoms with Gasteiger partial charge in [-0.15, -0.1) is 10.2 Å². The molecule has 2 amide bonds. The molecule has 1 aromatic heterocycles. The van der Waals surface area contributed by atoms with Crippen LogP contribution in [0.1, 0.15) is 51.5 Å². The van der Waals surface area contributed by atoms with Crippen LogP contribution < -0.4 is 10.6 Å². The van der Waals surface area contributed by atoms with Crippen molar-refractivity contribution in [2.75, 3.05) is 5.32 Å². The number of carbonyl (C=O) groups excluding carboxylic acids is 1. The second-order valence-corrected chi connectivity index (χ2v) is 5.28. The number of hydrogen-bond donors (Lipinski definition) is 2. The number of carbonyl (C=O) groups is 1. The topological polar surface area (TPSA) is 66.9 Å². The van der Waals surface area contributed by atoms with Gasteiger partial charge in [0.15, 0.2) is 0 Å². The van der Waals surface area contributed by atoms with E-state index in [-0.39, 0.29) is 12.1 Å². The van der Waals surface area contributed by atoms with Gasteiger partial charge in [-0.2, -0.15) is 0 Å². The highest BCUT2D eigenvalue weighted by Gasteiger charge is 2.10. The summed E-state index contributed by atoms with van der Waals surface area (Å²) in [6.07, 6.45) is 5.04. The lowest BCUT2D eigenvalue weighted by atomic mass is 10.2. The highest BCUT2D eigenvalue weighted by atomic mass is 32.1. The van der Waals surface area contributed by atoms with Gasteiger partial charge in [-0.3, -0.25) is 5.32 Å². The van der Waals surface area contributed by atoms with Crippen LogP contribution in [0.15, 0.2) is 0 Å². The molecule has 0 aliphatic heterocycles. The maximum atomic E-state index is 11.7. The molecule has 1 aromatic rings. The fourth-order valence-corrected chi connectivity index (χ4v) is 2.32. The highest BCUT2D eigenvalue weighted by Crippen LogP contribution is 2.16. The molecule has 0 aliphatic rings. The molecular formula is C12H22N4OS. The molecule has 102 valence electrons. The average molecular weight is 270 g/mol. The molecule has 0 radical (unpaired) electrons. The minimum atomic E-state index is -0.193. The lowest BCUT2D eigenvalue weighted by Crippen LogP contribution is -2.37. The van der Waals surface area contributed by atoms with Gasteiger partial charge in [-0.1, -0.05) is 38.5 Å². The Morgan fingerprint density at radius 2 is 2.00 bits per heavy atom. The Bertz CT molecular complexity index is 363. The maximum absolute atomic E-state index is 11.7. The van der Waals surface area contributed by atoms with E-state index in [9.17, 15) is 4.79 Å². The number of amides is 2. The van der Waals surface area contributed by atoms with Gasteiger partial charge in [0.1, 0.15) is 5.01 Å². The van der Waals surface area contributed by atoms with E-state index in [0.29, 0.717) is 5.13 Å². The van der Waals surface area contributed by atoms with Gasteiger partial charge in [-0.05, 0) is 19.3 Å². The van der Waals surface area contributed by atoms with Crippen molar-refractivity contribution in [3.63, 3.8) is 0 Å². The van der Waals surface area contributed by atoms with E-state index in [1.54, 1.807) is 0 Å². The van der Waals surface area contributed by atoms with Crippen molar-refractivity contribution in [1.29, 1.82) is 0 Å². The van der Waals surface area contributed by atoms with Crippen molar-refractivity contribution in [2.24, 2.45) is 0 Å². The zero-order valence-electron chi connectivity index (χ0n) is 11.3. The van der Waals surface area contributed by atoms with E-state index in [0.717, 1.165) is 37.1 Å². The van der Waals surface area contributed by atoms with Crippen LogP contribution in [0.25, 0.3) is 0 Å². The number of rotatable bonds is 7. The van der Waals surface area contributed by atoms with Crippen LogP contribution in [-0.4, -0.2) is 22.3 Å². The Balaban J connectivity index is 2.41. The first-order valence-electron chi connectivity index (χ1n) is 6.59. The number of hydrogen-bond acceptors (Lipinski definition) is 4. The van der Waals surface area contributed by atoms with Crippen molar-refractivity contribution in [3.8, 4) is 0 Å². The second kappa shape index (κ2) is 8.02. The van der Waals surface area contributed by atoms with E-state index >= 15 is 0 Å². The summed E-state index contributed by atoms with van der Waals surface area (Å²) in [5.41, 5.74) is 0. The largest absolute Gasteiger partial charge is 0.335 e. The molecule has 5 nitrogen and oxygen atoms in total. The molecule has 0 spiro atoms. The number of aryl methyl sites for hydroxylation is 1. The average Bonchev–Trinajstić information content (AvgIpc) is 2.81. The first-order valence-corrected chi connectivity index (χ1v) is 7.41. The molecular weight excluding hydrogens is 248 g/mol. The maximum Gasteiger partial charge on any atom is 0.321 e. The van der Waals surface area contributed by atoms with Crippen molar-refractivity contribution in [1.82, 2.24) is 15.5 Å². The summed E-state index contributed by atoms with van der Waals surface area (Å²) in [6, 6.07) is 0.0272. The second-order valence-electron chi connectivity index (χ2n) is 4.22. The zero-order chi connectivity index (χ0) is 13.4. The molecule has 0 atom stereocenters. The molecule has 0 unspecified atom stereocenters. The highest BCUT2D eigenvalue weighted by molar-refractivity contribution is 7.15. The third kappa shape index (κ3) is 5.00. The molecule has 0 bridgehead atoms. The lowest BCUT2D eigenvalue weighted by Gasteiger charge is -2.13. The number of aromatic nitrogens is 2. The predicted molar refractivity (Wildman–Crippen MR) is 75.0 cm³/mol. The van der Waals surface area contributed by atoms with Gasteiger partial charge >= 0.3 is 6.03 Å². The van der Waals surface area contributed by atoms with Crippen LogP contribution in [0.5, 0.6) is 0 Å². The summed E-state index contributed by atoms with van der Waals surface area (Å²) in [4.78, 5) is 11.7. The first kappa shape index (κ1) is 14.9. The van der Waals surface area contributed by atoms with Crippen molar-refractivity contribution < 1.29 is 4.79 Å². The van der Waals surface area contributed by atoms with Crippen LogP contribution in [0.3, 0.4) is 0 Å². The number of unbranched alkanes of at least 4 members (excludes halogenated alkanes) is 1.